The number of anilines is 1. The predicted molar refractivity (Wildman–Crippen MR) is 57.9 cm³/mol. The first-order valence-electron chi connectivity index (χ1n) is 4.45. The molecule has 1 aromatic carbocycles. The average Bonchev–Trinajstić information content (AvgIpc) is 2.09. The molecule has 0 fully saturated rings. The Morgan fingerprint density at radius 1 is 1.29 bits per heavy atom. The van der Waals surface area contributed by atoms with Gasteiger partial charge in [0.1, 0.15) is 0 Å². The summed E-state index contributed by atoms with van der Waals surface area (Å²) < 4.78 is 23.5. The van der Waals surface area contributed by atoms with Crippen LogP contribution in [-0.4, -0.2) is 13.7 Å². The third kappa shape index (κ3) is 1.90. The molecule has 0 heterocycles. The van der Waals surface area contributed by atoms with Crippen molar-refractivity contribution in [2.24, 2.45) is 0 Å². The van der Waals surface area contributed by atoms with E-state index in [2.05, 4.69) is 0 Å². The van der Waals surface area contributed by atoms with Gasteiger partial charge in [-0.15, -0.1) is 0 Å². The fourth-order valence-electron chi connectivity index (χ4n) is 1.10. The minimum absolute atomic E-state index is 0.346. The molecule has 0 bridgehead atoms. The van der Waals surface area contributed by atoms with Crippen LogP contribution in [-0.2, 0) is 9.84 Å². The van der Waals surface area contributed by atoms with Gasteiger partial charge in [0, 0.05) is 5.69 Å². The lowest BCUT2D eigenvalue weighted by Gasteiger charge is -2.09. The molecule has 0 saturated heterocycles. The molecule has 0 amide bonds. The SMILES string of the molecule is Cc1cc(S(=O)(=O)C(C)C)ccc1N. The molecule has 0 aliphatic heterocycles. The van der Waals surface area contributed by atoms with Crippen LogP contribution in [0, 0.1) is 6.92 Å². The molecule has 1 aromatic rings. The summed E-state index contributed by atoms with van der Waals surface area (Å²) in [5.74, 6) is 0. The fraction of sp³-hybridized carbons (Fsp3) is 0.400. The van der Waals surface area contributed by atoms with E-state index < -0.39 is 15.1 Å². The van der Waals surface area contributed by atoms with E-state index in [0.717, 1.165) is 5.56 Å². The number of aryl methyl sites for hydroxylation is 1. The van der Waals surface area contributed by atoms with Crippen molar-refractivity contribution < 1.29 is 8.42 Å². The standard InChI is InChI=1S/C10H15NO2S/c1-7(2)14(12,13)9-4-5-10(11)8(3)6-9/h4-7H,11H2,1-3H3. The third-order valence-corrected chi connectivity index (χ3v) is 4.34. The van der Waals surface area contributed by atoms with Gasteiger partial charge in [-0.25, -0.2) is 8.42 Å². The lowest BCUT2D eigenvalue weighted by molar-refractivity contribution is 0.587. The number of sulfone groups is 1. The minimum atomic E-state index is -3.17. The highest BCUT2D eigenvalue weighted by molar-refractivity contribution is 7.92. The van der Waals surface area contributed by atoms with Crippen molar-refractivity contribution in [2.75, 3.05) is 5.73 Å². The van der Waals surface area contributed by atoms with Crippen LogP contribution < -0.4 is 5.73 Å². The number of hydrogen-bond donors (Lipinski definition) is 1. The lowest BCUT2D eigenvalue weighted by atomic mass is 10.2. The van der Waals surface area contributed by atoms with Crippen LogP contribution in [0.25, 0.3) is 0 Å². The molecule has 78 valence electrons. The number of rotatable bonds is 2. The minimum Gasteiger partial charge on any atom is -0.399 e. The summed E-state index contributed by atoms with van der Waals surface area (Å²) in [7, 11) is -3.17. The van der Waals surface area contributed by atoms with Crippen molar-refractivity contribution in [3.63, 3.8) is 0 Å². The zero-order valence-corrected chi connectivity index (χ0v) is 9.43. The van der Waals surface area contributed by atoms with Crippen LogP contribution in [0.5, 0.6) is 0 Å². The van der Waals surface area contributed by atoms with Crippen molar-refractivity contribution in [3.05, 3.63) is 23.8 Å². The van der Waals surface area contributed by atoms with Gasteiger partial charge in [0.2, 0.25) is 0 Å². The van der Waals surface area contributed by atoms with Crippen LogP contribution in [0.15, 0.2) is 23.1 Å². The molecular formula is C10H15NO2S. The van der Waals surface area contributed by atoms with E-state index in [1.165, 1.54) is 0 Å². The number of benzene rings is 1. The second-order valence-electron chi connectivity index (χ2n) is 3.61. The van der Waals surface area contributed by atoms with Gasteiger partial charge < -0.3 is 5.73 Å². The van der Waals surface area contributed by atoms with Crippen molar-refractivity contribution in [1.29, 1.82) is 0 Å². The largest absolute Gasteiger partial charge is 0.399 e. The normalized spacial score (nSPS) is 12.0. The van der Waals surface area contributed by atoms with E-state index in [-0.39, 0.29) is 0 Å². The first-order valence-corrected chi connectivity index (χ1v) is 6.00. The van der Waals surface area contributed by atoms with Crippen LogP contribution in [0.3, 0.4) is 0 Å². The number of nitrogens with two attached hydrogens (primary N) is 1. The van der Waals surface area contributed by atoms with Crippen molar-refractivity contribution in [1.82, 2.24) is 0 Å². The third-order valence-electron chi connectivity index (χ3n) is 2.19. The molecule has 0 aliphatic rings. The maximum atomic E-state index is 11.8. The quantitative estimate of drug-likeness (QED) is 0.761. The predicted octanol–water partition coefficient (Wildman–Crippen LogP) is 1.76. The van der Waals surface area contributed by atoms with Crippen LogP contribution in [0.1, 0.15) is 19.4 Å². The van der Waals surface area contributed by atoms with Gasteiger partial charge in [0.15, 0.2) is 9.84 Å². The zero-order chi connectivity index (χ0) is 10.9. The summed E-state index contributed by atoms with van der Waals surface area (Å²) in [6.45, 7) is 5.14. The summed E-state index contributed by atoms with van der Waals surface area (Å²) >= 11 is 0. The molecule has 4 heteroatoms. The Bertz CT molecular complexity index is 435. The summed E-state index contributed by atoms with van der Waals surface area (Å²) in [6.07, 6.45) is 0. The van der Waals surface area contributed by atoms with Crippen LogP contribution in [0.2, 0.25) is 0 Å². The van der Waals surface area contributed by atoms with Gasteiger partial charge in [0.05, 0.1) is 10.1 Å². The average molecular weight is 213 g/mol. The second-order valence-corrected chi connectivity index (χ2v) is 6.12. The molecule has 0 unspecified atom stereocenters. The highest BCUT2D eigenvalue weighted by Gasteiger charge is 2.19. The van der Waals surface area contributed by atoms with E-state index in [4.69, 9.17) is 5.73 Å². The van der Waals surface area contributed by atoms with Crippen molar-refractivity contribution >= 4 is 15.5 Å². The Balaban J connectivity index is 3.29. The smallest absolute Gasteiger partial charge is 0.180 e. The summed E-state index contributed by atoms with van der Waals surface area (Å²) in [4.78, 5) is 0.346. The summed E-state index contributed by atoms with van der Waals surface area (Å²) in [5, 5.41) is -0.398. The molecule has 0 aliphatic carbocycles. The molecule has 14 heavy (non-hydrogen) atoms. The monoisotopic (exact) mass is 213 g/mol. The summed E-state index contributed by atoms with van der Waals surface area (Å²) in [5.41, 5.74) is 7.03. The number of nitrogen functional groups attached to an aromatic ring is 1. The maximum absolute atomic E-state index is 11.8. The first-order chi connectivity index (χ1) is 6.35. The Morgan fingerprint density at radius 3 is 2.29 bits per heavy atom. The Morgan fingerprint density at radius 2 is 1.86 bits per heavy atom. The molecule has 0 spiro atoms. The van der Waals surface area contributed by atoms with Crippen molar-refractivity contribution in [2.45, 2.75) is 30.9 Å². The van der Waals surface area contributed by atoms with Crippen molar-refractivity contribution in [3.8, 4) is 0 Å². The molecule has 0 saturated carbocycles. The molecule has 2 N–H and O–H groups in total. The van der Waals surface area contributed by atoms with Gasteiger partial charge in [0.25, 0.3) is 0 Å². The maximum Gasteiger partial charge on any atom is 0.180 e. The van der Waals surface area contributed by atoms with E-state index >= 15 is 0 Å². The Hall–Kier alpha value is -1.03. The molecule has 0 atom stereocenters. The van der Waals surface area contributed by atoms with E-state index in [9.17, 15) is 8.42 Å². The van der Waals surface area contributed by atoms with Gasteiger partial charge in [-0.2, -0.15) is 0 Å². The zero-order valence-electron chi connectivity index (χ0n) is 8.61. The van der Waals surface area contributed by atoms with Gasteiger partial charge in [-0.3, -0.25) is 0 Å². The molecule has 0 radical (unpaired) electrons. The topological polar surface area (TPSA) is 60.2 Å². The Labute approximate surface area is 84.9 Å². The molecule has 1 rings (SSSR count). The van der Waals surface area contributed by atoms with E-state index in [1.807, 2.05) is 0 Å². The summed E-state index contributed by atoms with van der Waals surface area (Å²) in [6, 6.07) is 4.80. The molecular weight excluding hydrogens is 198 g/mol. The van der Waals surface area contributed by atoms with Gasteiger partial charge >= 0.3 is 0 Å². The Kier molecular flexibility index (Phi) is 2.85. The highest BCUT2D eigenvalue weighted by atomic mass is 32.2. The first kappa shape index (κ1) is 11.0. The number of hydrogen-bond acceptors (Lipinski definition) is 3. The van der Waals surface area contributed by atoms with Crippen LogP contribution >= 0.6 is 0 Å². The van der Waals surface area contributed by atoms with Gasteiger partial charge in [-0.05, 0) is 44.5 Å². The fourth-order valence-corrected chi connectivity index (χ4v) is 2.24. The molecule has 0 aromatic heterocycles. The van der Waals surface area contributed by atoms with Crippen LogP contribution in [0.4, 0.5) is 5.69 Å². The lowest BCUT2D eigenvalue weighted by Crippen LogP contribution is -2.14. The van der Waals surface area contributed by atoms with E-state index in [1.54, 1.807) is 39.0 Å². The van der Waals surface area contributed by atoms with E-state index in [0.29, 0.717) is 10.6 Å². The molecule has 3 nitrogen and oxygen atoms in total. The second kappa shape index (κ2) is 3.61. The highest BCUT2D eigenvalue weighted by Crippen LogP contribution is 2.20. The van der Waals surface area contributed by atoms with Gasteiger partial charge in [-0.1, -0.05) is 0 Å².